The van der Waals surface area contributed by atoms with Gasteiger partial charge in [0.25, 0.3) is 5.91 Å². The van der Waals surface area contributed by atoms with Gasteiger partial charge in [0.2, 0.25) is 0 Å². The van der Waals surface area contributed by atoms with Gasteiger partial charge in [0.15, 0.2) is 5.65 Å². The van der Waals surface area contributed by atoms with Crippen molar-refractivity contribution in [1.82, 2.24) is 25.2 Å². The standard InChI is InChI=1S/C15H23N5O2.ClH/c1-10-9-11(2)20-14(18-10)13(12(3)19-20)15(21)17-6-5-16-7-8-22-4;/h9,16H,5-8H2,1-4H3,(H,17,21);1H. The largest absolute Gasteiger partial charge is 0.383 e. The molecule has 2 aromatic heterocycles. The van der Waals surface area contributed by atoms with Gasteiger partial charge in [0.1, 0.15) is 5.56 Å². The van der Waals surface area contributed by atoms with E-state index in [4.69, 9.17) is 4.74 Å². The molecule has 0 aliphatic carbocycles. The van der Waals surface area contributed by atoms with Crippen molar-refractivity contribution in [3.63, 3.8) is 0 Å². The third kappa shape index (κ3) is 4.63. The highest BCUT2D eigenvalue weighted by Crippen LogP contribution is 2.15. The number of ether oxygens (including phenoxy) is 1. The molecule has 2 N–H and O–H groups in total. The van der Waals surface area contributed by atoms with Gasteiger partial charge in [-0.15, -0.1) is 12.4 Å². The van der Waals surface area contributed by atoms with Gasteiger partial charge in [0, 0.05) is 38.1 Å². The van der Waals surface area contributed by atoms with Crippen molar-refractivity contribution in [2.24, 2.45) is 0 Å². The monoisotopic (exact) mass is 341 g/mol. The minimum atomic E-state index is -0.140. The summed E-state index contributed by atoms with van der Waals surface area (Å²) in [5.41, 5.74) is 3.68. The average Bonchev–Trinajstić information content (AvgIpc) is 2.79. The Morgan fingerprint density at radius 3 is 2.70 bits per heavy atom. The fourth-order valence-corrected chi connectivity index (χ4v) is 2.34. The molecule has 0 unspecified atom stereocenters. The number of hydrogen-bond acceptors (Lipinski definition) is 5. The van der Waals surface area contributed by atoms with Crippen LogP contribution in [0.25, 0.3) is 5.65 Å². The van der Waals surface area contributed by atoms with Crippen LogP contribution in [-0.4, -0.2) is 53.9 Å². The van der Waals surface area contributed by atoms with Crippen LogP contribution in [0.5, 0.6) is 0 Å². The molecule has 2 heterocycles. The van der Waals surface area contributed by atoms with Gasteiger partial charge in [-0.2, -0.15) is 5.10 Å². The number of hydrogen-bond donors (Lipinski definition) is 2. The molecular weight excluding hydrogens is 318 g/mol. The highest BCUT2D eigenvalue weighted by molar-refractivity contribution is 6.01. The number of carbonyl (C=O) groups is 1. The van der Waals surface area contributed by atoms with Gasteiger partial charge in [0.05, 0.1) is 12.3 Å². The first-order valence-corrected chi connectivity index (χ1v) is 7.36. The van der Waals surface area contributed by atoms with Crippen molar-refractivity contribution in [2.45, 2.75) is 20.8 Å². The van der Waals surface area contributed by atoms with Crippen molar-refractivity contribution in [2.75, 3.05) is 33.4 Å². The Hall–Kier alpha value is -1.70. The van der Waals surface area contributed by atoms with Crippen molar-refractivity contribution in [3.8, 4) is 0 Å². The molecule has 0 fully saturated rings. The van der Waals surface area contributed by atoms with E-state index < -0.39 is 0 Å². The van der Waals surface area contributed by atoms with Crippen LogP contribution in [0.1, 0.15) is 27.4 Å². The summed E-state index contributed by atoms with van der Waals surface area (Å²) in [5, 5.41) is 10.5. The minimum Gasteiger partial charge on any atom is -0.383 e. The van der Waals surface area contributed by atoms with Crippen LogP contribution < -0.4 is 10.6 Å². The summed E-state index contributed by atoms with van der Waals surface area (Å²) in [6, 6.07) is 1.95. The molecule has 0 atom stereocenters. The van der Waals surface area contributed by atoms with Crippen LogP contribution in [0.2, 0.25) is 0 Å². The van der Waals surface area contributed by atoms with Crippen LogP contribution in [-0.2, 0) is 4.74 Å². The predicted octanol–water partition coefficient (Wildman–Crippen LogP) is 1.04. The van der Waals surface area contributed by atoms with Gasteiger partial charge in [-0.1, -0.05) is 0 Å². The van der Waals surface area contributed by atoms with Crippen LogP contribution in [0.4, 0.5) is 0 Å². The predicted molar refractivity (Wildman–Crippen MR) is 91.5 cm³/mol. The van der Waals surface area contributed by atoms with Crippen LogP contribution in [0.15, 0.2) is 6.07 Å². The Labute approximate surface area is 142 Å². The first-order chi connectivity index (χ1) is 10.5. The molecule has 2 rings (SSSR count). The molecule has 0 saturated carbocycles. The number of aryl methyl sites for hydroxylation is 3. The van der Waals surface area contributed by atoms with Gasteiger partial charge in [-0.25, -0.2) is 9.50 Å². The lowest BCUT2D eigenvalue weighted by molar-refractivity contribution is 0.0954. The van der Waals surface area contributed by atoms with Crippen molar-refractivity contribution >= 4 is 24.0 Å². The van der Waals surface area contributed by atoms with Crippen LogP contribution in [0.3, 0.4) is 0 Å². The third-order valence-corrected chi connectivity index (χ3v) is 3.37. The molecule has 0 aliphatic heterocycles. The molecule has 128 valence electrons. The Kier molecular flexibility index (Phi) is 7.41. The van der Waals surface area contributed by atoms with Crippen molar-refractivity contribution in [3.05, 3.63) is 28.7 Å². The highest BCUT2D eigenvalue weighted by Gasteiger charge is 2.19. The van der Waals surface area contributed by atoms with Gasteiger partial charge < -0.3 is 15.4 Å². The third-order valence-electron chi connectivity index (χ3n) is 3.37. The number of nitrogens with zero attached hydrogens (tertiary/aromatic N) is 3. The van der Waals surface area contributed by atoms with E-state index in [1.165, 1.54) is 0 Å². The lowest BCUT2D eigenvalue weighted by atomic mass is 10.2. The highest BCUT2D eigenvalue weighted by atomic mass is 35.5. The number of amides is 1. The summed E-state index contributed by atoms with van der Waals surface area (Å²) in [4.78, 5) is 16.8. The van der Waals surface area contributed by atoms with Gasteiger partial charge in [-0.3, -0.25) is 4.79 Å². The second kappa shape index (κ2) is 8.81. The molecule has 0 saturated heterocycles. The zero-order valence-corrected chi connectivity index (χ0v) is 14.8. The first-order valence-electron chi connectivity index (χ1n) is 7.36. The second-order valence-electron chi connectivity index (χ2n) is 5.23. The molecule has 0 radical (unpaired) electrons. The molecular formula is C15H24ClN5O2. The number of halogens is 1. The first kappa shape index (κ1) is 19.3. The second-order valence-corrected chi connectivity index (χ2v) is 5.23. The topological polar surface area (TPSA) is 80.5 Å². The lowest BCUT2D eigenvalue weighted by Gasteiger charge is -2.06. The Bertz CT molecular complexity index is 671. The summed E-state index contributed by atoms with van der Waals surface area (Å²) in [6.45, 7) is 8.36. The number of aromatic nitrogens is 3. The molecule has 0 bridgehead atoms. The van der Waals surface area contributed by atoms with Crippen molar-refractivity contribution < 1.29 is 9.53 Å². The summed E-state index contributed by atoms with van der Waals surface area (Å²) in [7, 11) is 1.66. The maximum absolute atomic E-state index is 12.4. The Morgan fingerprint density at radius 2 is 2.00 bits per heavy atom. The van der Waals surface area contributed by atoms with E-state index in [0.29, 0.717) is 36.6 Å². The molecule has 1 amide bonds. The van der Waals surface area contributed by atoms with E-state index in [-0.39, 0.29) is 18.3 Å². The quantitative estimate of drug-likeness (QED) is 0.736. The zero-order valence-electron chi connectivity index (χ0n) is 14.0. The number of methoxy groups -OCH3 is 1. The summed E-state index contributed by atoms with van der Waals surface area (Å²) in [6.07, 6.45) is 0. The number of carbonyl (C=O) groups excluding carboxylic acids is 1. The van der Waals surface area contributed by atoms with Gasteiger partial charge >= 0.3 is 0 Å². The SMILES string of the molecule is COCCNCCNC(=O)c1c(C)nn2c(C)cc(C)nc12.Cl. The van der Waals surface area contributed by atoms with Crippen LogP contribution >= 0.6 is 12.4 Å². The van der Waals surface area contributed by atoms with E-state index in [2.05, 4.69) is 20.7 Å². The smallest absolute Gasteiger partial charge is 0.257 e. The fraction of sp³-hybridized carbons (Fsp3) is 0.533. The van der Waals surface area contributed by atoms with E-state index >= 15 is 0 Å². The van der Waals surface area contributed by atoms with Gasteiger partial charge in [-0.05, 0) is 26.8 Å². The fourth-order valence-electron chi connectivity index (χ4n) is 2.34. The average molecular weight is 342 g/mol. The molecule has 0 aliphatic rings. The molecule has 23 heavy (non-hydrogen) atoms. The van der Waals surface area contributed by atoms with Crippen molar-refractivity contribution in [1.29, 1.82) is 0 Å². The minimum absolute atomic E-state index is 0. The van der Waals surface area contributed by atoms with Crippen LogP contribution in [0, 0.1) is 20.8 Å². The van der Waals surface area contributed by atoms with E-state index in [0.717, 1.165) is 17.9 Å². The summed E-state index contributed by atoms with van der Waals surface area (Å²) < 4.78 is 6.66. The molecule has 0 aromatic carbocycles. The zero-order chi connectivity index (χ0) is 16.1. The molecule has 0 spiro atoms. The summed E-state index contributed by atoms with van der Waals surface area (Å²) in [5.74, 6) is -0.140. The molecule has 2 aromatic rings. The summed E-state index contributed by atoms with van der Waals surface area (Å²) >= 11 is 0. The number of fused-ring (bicyclic) bond motifs is 1. The number of rotatable bonds is 7. The number of nitrogens with one attached hydrogen (secondary N) is 2. The normalized spacial score (nSPS) is 10.6. The lowest BCUT2D eigenvalue weighted by Crippen LogP contribution is -2.33. The van der Waals surface area contributed by atoms with E-state index in [1.54, 1.807) is 11.6 Å². The Morgan fingerprint density at radius 1 is 1.26 bits per heavy atom. The van der Waals surface area contributed by atoms with E-state index in [1.807, 2.05) is 26.8 Å². The maximum Gasteiger partial charge on any atom is 0.257 e. The molecule has 8 heteroatoms. The molecule has 7 nitrogen and oxygen atoms in total. The van der Waals surface area contributed by atoms with E-state index in [9.17, 15) is 4.79 Å². The maximum atomic E-state index is 12.4. The Balaban J connectivity index is 0.00000264.